The highest BCUT2D eigenvalue weighted by Gasteiger charge is 2.19. The van der Waals surface area contributed by atoms with E-state index in [9.17, 15) is 17.6 Å². The van der Waals surface area contributed by atoms with Crippen LogP contribution in [-0.4, -0.2) is 20.4 Å². The monoisotopic (exact) mass is 506 g/mol. The molecule has 0 bridgehead atoms. The van der Waals surface area contributed by atoms with Gasteiger partial charge in [0.15, 0.2) is 6.10 Å². The van der Waals surface area contributed by atoms with Crippen LogP contribution in [0.25, 0.3) is 0 Å². The molecule has 3 aromatic rings. The highest BCUT2D eigenvalue weighted by molar-refractivity contribution is 9.10. The van der Waals surface area contributed by atoms with Crippen LogP contribution in [-0.2, 0) is 14.8 Å². The number of ether oxygens (including phenoxy) is 1. The molecule has 1 atom stereocenters. The molecule has 0 saturated heterocycles. The zero-order valence-corrected chi connectivity index (χ0v) is 18.9. The third-order valence-corrected chi connectivity index (χ3v) is 6.21. The second-order valence-electron chi connectivity index (χ2n) is 6.59. The van der Waals surface area contributed by atoms with Gasteiger partial charge in [-0.3, -0.25) is 9.52 Å². The van der Waals surface area contributed by atoms with Crippen molar-refractivity contribution in [3.8, 4) is 5.75 Å². The molecule has 0 heterocycles. The minimum atomic E-state index is -3.77. The second-order valence-corrected chi connectivity index (χ2v) is 9.19. The van der Waals surface area contributed by atoms with Crippen molar-refractivity contribution in [2.24, 2.45) is 0 Å². The number of carbonyl (C=O) groups is 1. The second kappa shape index (κ2) is 9.93. The van der Waals surface area contributed by atoms with Gasteiger partial charge in [0.25, 0.3) is 15.9 Å². The Morgan fingerprint density at radius 2 is 1.55 bits per heavy atom. The first kappa shape index (κ1) is 22.8. The molecular weight excluding hydrogens is 487 g/mol. The van der Waals surface area contributed by atoms with E-state index < -0.39 is 27.9 Å². The van der Waals surface area contributed by atoms with Crippen molar-refractivity contribution in [3.63, 3.8) is 0 Å². The number of carbonyl (C=O) groups excluding carboxylic acids is 1. The summed E-state index contributed by atoms with van der Waals surface area (Å²) < 4.78 is 47.1. The summed E-state index contributed by atoms with van der Waals surface area (Å²) in [5.74, 6) is -0.409. The van der Waals surface area contributed by atoms with Crippen LogP contribution >= 0.6 is 15.9 Å². The van der Waals surface area contributed by atoms with Crippen LogP contribution in [0.4, 0.5) is 15.8 Å². The van der Waals surface area contributed by atoms with Crippen molar-refractivity contribution in [1.82, 2.24) is 0 Å². The van der Waals surface area contributed by atoms with Crippen molar-refractivity contribution in [2.75, 3.05) is 10.0 Å². The molecule has 0 radical (unpaired) electrons. The highest BCUT2D eigenvalue weighted by Crippen LogP contribution is 2.21. The summed E-state index contributed by atoms with van der Waals surface area (Å²) in [6, 6.07) is 17.9. The summed E-state index contributed by atoms with van der Waals surface area (Å²) in [6.07, 6.45) is -0.389. The first-order valence-corrected chi connectivity index (χ1v) is 11.7. The van der Waals surface area contributed by atoms with Crippen LogP contribution in [0.15, 0.2) is 82.2 Å². The SMILES string of the molecule is CC[C@H](Oc1ccc(F)cc1)C(=O)Nc1ccc(S(=O)(=O)Nc2ccc(Br)cc2)cc1. The standard InChI is InChI=1S/C22H20BrFN2O4S/c1-2-21(30-19-11-5-16(24)6-12-19)22(27)25-17-9-13-20(14-10-17)31(28,29)26-18-7-3-15(23)4-8-18/h3-14,21,26H,2H2,1H3,(H,25,27)/t21-/m0/s1. The van der Waals surface area contributed by atoms with E-state index in [1.54, 1.807) is 31.2 Å². The first-order valence-electron chi connectivity index (χ1n) is 9.38. The van der Waals surface area contributed by atoms with Gasteiger partial charge in [0.1, 0.15) is 11.6 Å². The van der Waals surface area contributed by atoms with Crippen molar-refractivity contribution in [2.45, 2.75) is 24.3 Å². The van der Waals surface area contributed by atoms with Crippen LogP contribution in [0.2, 0.25) is 0 Å². The van der Waals surface area contributed by atoms with E-state index in [1.165, 1.54) is 48.5 Å². The molecule has 2 N–H and O–H groups in total. The maximum Gasteiger partial charge on any atom is 0.265 e. The van der Waals surface area contributed by atoms with Gasteiger partial charge in [-0.05, 0) is 79.2 Å². The summed E-state index contributed by atoms with van der Waals surface area (Å²) in [5, 5.41) is 2.70. The molecule has 3 rings (SSSR count). The van der Waals surface area contributed by atoms with Crippen LogP contribution in [0.3, 0.4) is 0 Å². The van der Waals surface area contributed by atoms with Crippen molar-refractivity contribution in [1.29, 1.82) is 0 Å². The Morgan fingerprint density at radius 3 is 2.13 bits per heavy atom. The Kier molecular flexibility index (Phi) is 7.29. The maximum atomic E-state index is 13.0. The zero-order chi connectivity index (χ0) is 22.4. The molecule has 0 aliphatic heterocycles. The molecule has 9 heteroatoms. The number of sulfonamides is 1. The van der Waals surface area contributed by atoms with Crippen LogP contribution < -0.4 is 14.8 Å². The summed E-state index contributed by atoms with van der Waals surface area (Å²) in [4.78, 5) is 12.6. The van der Waals surface area contributed by atoms with Gasteiger partial charge in [-0.2, -0.15) is 0 Å². The maximum absolute atomic E-state index is 13.0. The Balaban J connectivity index is 1.65. The van der Waals surface area contributed by atoms with Crippen molar-refractivity contribution >= 4 is 43.2 Å². The lowest BCUT2D eigenvalue weighted by molar-refractivity contribution is -0.122. The number of halogens is 2. The fourth-order valence-corrected chi connectivity index (χ4v) is 3.99. The Labute approximate surface area is 188 Å². The molecule has 31 heavy (non-hydrogen) atoms. The highest BCUT2D eigenvalue weighted by atomic mass is 79.9. The van der Waals surface area contributed by atoms with Gasteiger partial charge in [-0.25, -0.2) is 12.8 Å². The predicted octanol–water partition coefficient (Wildman–Crippen LogP) is 5.19. The molecule has 0 aliphatic rings. The molecule has 3 aromatic carbocycles. The van der Waals surface area contributed by atoms with E-state index in [2.05, 4.69) is 26.0 Å². The van der Waals surface area contributed by atoms with Gasteiger partial charge in [-0.1, -0.05) is 22.9 Å². The quantitative estimate of drug-likeness (QED) is 0.440. The van der Waals surface area contributed by atoms with E-state index in [4.69, 9.17) is 4.74 Å². The fraction of sp³-hybridized carbons (Fsp3) is 0.136. The lowest BCUT2D eigenvalue weighted by Gasteiger charge is -2.17. The first-order chi connectivity index (χ1) is 14.8. The summed E-state index contributed by atoms with van der Waals surface area (Å²) in [6.45, 7) is 1.79. The molecule has 0 saturated carbocycles. The lowest BCUT2D eigenvalue weighted by atomic mass is 10.2. The van der Waals surface area contributed by atoms with E-state index in [0.717, 1.165) is 4.47 Å². The molecule has 0 fully saturated rings. The molecule has 1 amide bonds. The minimum Gasteiger partial charge on any atom is -0.481 e. The molecule has 6 nitrogen and oxygen atoms in total. The van der Waals surface area contributed by atoms with Crippen LogP contribution in [0.1, 0.15) is 13.3 Å². The van der Waals surface area contributed by atoms with E-state index in [0.29, 0.717) is 23.5 Å². The van der Waals surface area contributed by atoms with Gasteiger partial charge in [-0.15, -0.1) is 0 Å². The topological polar surface area (TPSA) is 84.5 Å². The van der Waals surface area contributed by atoms with E-state index >= 15 is 0 Å². The number of hydrogen-bond donors (Lipinski definition) is 2. The number of anilines is 2. The average Bonchev–Trinajstić information content (AvgIpc) is 2.75. The normalized spacial score (nSPS) is 12.1. The minimum absolute atomic E-state index is 0.0584. The van der Waals surface area contributed by atoms with Gasteiger partial charge >= 0.3 is 0 Å². The third-order valence-electron chi connectivity index (χ3n) is 4.28. The molecule has 0 aromatic heterocycles. The number of benzene rings is 3. The fourth-order valence-electron chi connectivity index (χ4n) is 2.67. The van der Waals surface area contributed by atoms with E-state index in [-0.39, 0.29) is 4.90 Å². The molecule has 0 spiro atoms. The Bertz CT molecular complexity index is 1140. The lowest BCUT2D eigenvalue weighted by Crippen LogP contribution is -2.32. The summed E-state index contributed by atoms with van der Waals surface area (Å²) >= 11 is 3.30. The largest absolute Gasteiger partial charge is 0.481 e. The zero-order valence-electron chi connectivity index (χ0n) is 16.5. The number of hydrogen-bond acceptors (Lipinski definition) is 4. The molecule has 162 valence electrons. The third kappa shape index (κ3) is 6.28. The van der Waals surface area contributed by atoms with Crippen LogP contribution in [0.5, 0.6) is 5.75 Å². The number of nitrogens with one attached hydrogen (secondary N) is 2. The van der Waals surface area contributed by atoms with Gasteiger partial charge in [0, 0.05) is 15.8 Å². The molecular formula is C22H20BrFN2O4S. The smallest absolute Gasteiger partial charge is 0.265 e. The molecule has 0 aliphatic carbocycles. The Hall–Kier alpha value is -2.91. The predicted molar refractivity (Wildman–Crippen MR) is 121 cm³/mol. The van der Waals surface area contributed by atoms with Crippen molar-refractivity contribution in [3.05, 3.63) is 83.1 Å². The van der Waals surface area contributed by atoms with Gasteiger partial charge in [0.2, 0.25) is 0 Å². The van der Waals surface area contributed by atoms with Crippen molar-refractivity contribution < 1.29 is 22.3 Å². The molecule has 0 unspecified atom stereocenters. The number of rotatable bonds is 8. The van der Waals surface area contributed by atoms with E-state index in [1.807, 2.05) is 0 Å². The Morgan fingerprint density at radius 1 is 0.968 bits per heavy atom. The number of amides is 1. The summed E-state index contributed by atoms with van der Waals surface area (Å²) in [5.41, 5.74) is 0.859. The summed E-state index contributed by atoms with van der Waals surface area (Å²) in [7, 11) is -3.77. The average molecular weight is 507 g/mol. The van der Waals surface area contributed by atoms with Gasteiger partial charge < -0.3 is 10.1 Å². The van der Waals surface area contributed by atoms with Gasteiger partial charge in [0.05, 0.1) is 4.90 Å². The van der Waals surface area contributed by atoms with Crippen LogP contribution in [0, 0.1) is 5.82 Å².